The summed E-state index contributed by atoms with van der Waals surface area (Å²) in [4.78, 5) is 1.53. The number of quaternary nitrogens is 1. The number of nitrogens with one attached hydrogen (secondary N) is 1. The molecule has 4 aromatic rings. The van der Waals surface area contributed by atoms with E-state index in [9.17, 15) is 0 Å². The molecule has 0 aliphatic carbocycles. The van der Waals surface area contributed by atoms with E-state index in [1.165, 1.54) is 32.5 Å². The van der Waals surface area contributed by atoms with Gasteiger partial charge in [0.25, 0.3) is 0 Å². The van der Waals surface area contributed by atoms with E-state index in [1.807, 2.05) is 0 Å². The first-order valence-corrected chi connectivity index (χ1v) is 10.6. The van der Waals surface area contributed by atoms with Crippen molar-refractivity contribution < 1.29 is 4.90 Å². The van der Waals surface area contributed by atoms with Crippen LogP contribution in [0.15, 0.2) is 97.1 Å². The number of hydrogen-bond donors (Lipinski definition) is 1. The summed E-state index contributed by atoms with van der Waals surface area (Å²) in [6.45, 7) is 2.44. The van der Waals surface area contributed by atoms with E-state index in [0.717, 1.165) is 12.8 Å². The predicted molar refractivity (Wildman–Crippen MR) is 122 cm³/mol. The van der Waals surface area contributed by atoms with Crippen LogP contribution in [0.25, 0.3) is 10.8 Å². The van der Waals surface area contributed by atoms with Crippen LogP contribution in [0.1, 0.15) is 23.6 Å². The number of fused-ring (bicyclic) bond motifs is 3. The van der Waals surface area contributed by atoms with Gasteiger partial charge in [0.15, 0.2) is 0 Å². The van der Waals surface area contributed by atoms with Gasteiger partial charge in [0, 0.05) is 5.56 Å². The SMILES string of the molecule is CC1[NH+](C)c2ccc3ccccc3c2C1(Cc1ccccc1)Cc1ccccc1. The molecule has 29 heavy (non-hydrogen) atoms. The van der Waals surface area contributed by atoms with Gasteiger partial charge in [-0.15, -0.1) is 0 Å². The van der Waals surface area contributed by atoms with Crippen LogP contribution in [0.4, 0.5) is 5.69 Å². The monoisotopic (exact) mass is 378 g/mol. The topological polar surface area (TPSA) is 4.44 Å². The zero-order valence-corrected chi connectivity index (χ0v) is 17.2. The van der Waals surface area contributed by atoms with E-state index in [-0.39, 0.29) is 5.41 Å². The highest BCUT2D eigenvalue weighted by molar-refractivity contribution is 5.90. The lowest BCUT2D eigenvalue weighted by Crippen LogP contribution is -3.07. The van der Waals surface area contributed by atoms with Crippen molar-refractivity contribution in [1.29, 1.82) is 0 Å². The van der Waals surface area contributed by atoms with E-state index in [1.54, 1.807) is 5.56 Å². The van der Waals surface area contributed by atoms with Crippen molar-refractivity contribution in [3.63, 3.8) is 0 Å². The van der Waals surface area contributed by atoms with E-state index in [2.05, 4.69) is 111 Å². The van der Waals surface area contributed by atoms with Gasteiger partial charge in [0.2, 0.25) is 0 Å². The van der Waals surface area contributed by atoms with Crippen LogP contribution in [0.5, 0.6) is 0 Å². The van der Waals surface area contributed by atoms with Crippen molar-refractivity contribution >= 4 is 16.5 Å². The quantitative estimate of drug-likeness (QED) is 0.503. The van der Waals surface area contributed by atoms with Gasteiger partial charge in [-0.05, 0) is 53.8 Å². The number of hydrogen-bond acceptors (Lipinski definition) is 0. The van der Waals surface area contributed by atoms with Gasteiger partial charge in [0.1, 0.15) is 5.69 Å². The first-order chi connectivity index (χ1) is 14.2. The highest BCUT2D eigenvalue weighted by atomic mass is 15.2. The van der Waals surface area contributed by atoms with Crippen LogP contribution in [-0.2, 0) is 18.3 Å². The molecule has 0 fully saturated rings. The molecule has 1 heterocycles. The van der Waals surface area contributed by atoms with Gasteiger partial charge in [-0.2, -0.15) is 0 Å². The lowest BCUT2D eigenvalue weighted by molar-refractivity contribution is -0.834. The molecule has 2 atom stereocenters. The molecule has 0 saturated heterocycles. The minimum atomic E-state index is 0.0585. The molecule has 1 heteroatoms. The summed E-state index contributed by atoms with van der Waals surface area (Å²) < 4.78 is 0. The highest BCUT2D eigenvalue weighted by Crippen LogP contribution is 2.45. The normalized spacial score (nSPS) is 19.9. The Kier molecular flexibility index (Phi) is 4.49. The van der Waals surface area contributed by atoms with Crippen molar-refractivity contribution in [3.8, 4) is 0 Å². The molecule has 1 aliphatic heterocycles. The molecule has 1 N–H and O–H groups in total. The fourth-order valence-corrected chi connectivity index (χ4v) is 5.47. The maximum Gasteiger partial charge on any atom is 0.135 e. The van der Waals surface area contributed by atoms with Gasteiger partial charge in [-0.3, -0.25) is 0 Å². The summed E-state index contributed by atoms with van der Waals surface area (Å²) in [5.41, 5.74) is 5.91. The summed E-state index contributed by atoms with van der Waals surface area (Å²) in [7, 11) is 2.34. The zero-order valence-electron chi connectivity index (χ0n) is 17.2. The van der Waals surface area contributed by atoms with Gasteiger partial charge < -0.3 is 4.90 Å². The summed E-state index contributed by atoms with van der Waals surface area (Å²) >= 11 is 0. The molecular formula is C28H28N+. The van der Waals surface area contributed by atoms with Gasteiger partial charge in [0.05, 0.1) is 18.5 Å². The Hall–Kier alpha value is -2.90. The van der Waals surface area contributed by atoms with Gasteiger partial charge >= 0.3 is 0 Å². The molecule has 0 radical (unpaired) electrons. The molecule has 5 rings (SSSR count). The summed E-state index contributed by atoms with van der Waals surface area (Å²) in [6.07, 6.45) is 2.12. The second kappa shape index (κ2) is 7.17. The molecule has 1 aliphatic rings. The standard InChI is InChI=1S/C28H27N/c1-21-28(19-22-11-5-3-6-12-22,20-23-13-7-4-8-14-23)27-25-16-10-9-15-24(25)17-18-26(27)29(21)2/h3-18,21H,19-20H2,1-2H3/p+1. The Bertz CT molecular complexity index is 1090. The first kappa shape index (κ1) is 18.1. The molecule has 4 aromatic carbocycles. The maximum atomic E-state index is 2.44. The summed E-state index contributed by atoms with van der Waals surface area (Å²) in [6, 6.07) is 36.2. The smallest absolute Gasteiger partial charge is 0.135 e. The lowest BCUT2D eigenvalue weighted by atomic mass is 9.67. The number of rotatable bonds is 4. The van der Waals surface area contributed by atoms with E-state index >= 15 is 0 Å². The first-order valence-electron chi connectivity index (χ1n) is 10.6. The predicted octanol–water partition coefficient (Wildman–Crippen LogP) is 5.11. The third-order valence-electron chi connectivity index (χ3n) is 7.05. The van der Waals surface area contributed by atoms with Crippen molar-refractivity contribution in [1.82, 2.24) is 0 Å². The third kappa shape index (κ3) is 2.97. The average Bonchev–Trinajstić information content (AvgIpc) is 2.97. The zero-order chi connectivity index (χ0) is 19.8. The average molecular weight is 379 g/mol. The van der Waals surface area contributed by atoms with Crippen LogP contribution in [-0.4, -0.2) is 13.1 Å². The third-order valence-corrected chi connectivity index (χ3v) is 7.05. The van der Waals surface area contributed by atoms with Crippen LogP contribution in [0, 0.1) is 0 Å². The largest absolute Gasteiger partial charge is 0.302 e. The lowest BCUT2D eigenvalue weighted by Gasteiger charge is -2.34. The van der Waals surface area contributed by atoms with Gasteiger partial charge in [-0.1, -0.05) is 84.9 Å². The van der Waals surface area contributed by atoms with Gasteiger partial charge in [-0.25, -0.2) is 0 Å². The van der Waals surface area contributed by atoms with Crippen LogP contribution in [0.3, 0.4) is 0 Å². The van der Waals surface area contributed by atoms with Crippen molar-refractivity contribution in [2.75, 3.05) is 7.05 Å². The highest BCUT2D eigenvalue weighted by Gasteiger charge is 2.52. The Balaban J connectivity index is 1.77. The Labute approximate surface area is 173 Å². The number of likely N-dealkylation sites (N-methyl/N-ethyl adjacent to an activating group) is 1. The molecule has 0 spiro atoms. The molecule has 2 unspecified atom stereocenters. The number of benzene rings is 4. The molecule has 144 valence electrons. The van der Waals surface area contributed by atoms with E-state index < -0.39 is 0 Å². The molecular weight excluding hydrogens is 350 g/mol. The Morgan fingerprint density at radius 2 is 1.24 bits per heavy atom. The Morgan fingerprint density at radius 3 is 1.86 bits per heavy atom. The molecule has 0 aromatic heterocycles. The van der Waals surface area contributed by atoms with Crippen LogP contribution >= 0.6 is 0 Å². The Morgan fingerprint density at radius 1 is 0.690 bits per heavy atom. The van der Waals surface area contributed by atoms with E-state index in [4.69, 9.17) is 0 Å². The summed E-state index contributed by atoms with van der Waals surface area (Å²) in [5, 5.41) is 2.76. The molecule has 0 saturated carbocycles. The second-order valence-corrected chi connectivity index (χ2v) is 8.59. The molecule has 0 amide bonds. The van der Waals surface area contributed by atoms with Crippen molar-refractivity contribution in [2.45, 2.75) is 31.2 Å². The van der Waals surface area contributed by atoms with Crippen LogP contribution in [0.2, 0.25) is 0 Å². The van der Waals surface area contributed by atoms with Crippen molar-refractivity contribution in [2.24, 2.45) is 0 Å². The second-order valence-electron chi connectivity index (χ2n) is 8.59. The van der Waals surface area contributed by atoms with E-state index in [0.29, 0.717) is 6.04 Å². The summed E-state index contributed by atoms with van der Waals surface area (Å²) in [5.74, 6) is 0. The molecule has 0 bridgehead atoms. The van der Waals surface area contributed by atoms with Crippen LogP contribution < -0.4 is 4.90 Å². The maximum absolute atomic E-state index is 2.44. The fourth-order valence-electron chi connectivity index (χ4n) is 5.47. The fraction of sp³-hybridized carbons (Fsp3) is 0.214. The minimum absolute atomic E-state index is 0.0585. The van der Waals surface area contributed by atoms with Crippen molar-refractivity contribution in [3.05, 3.63) is 114 Å². The minimum Gasteiger partial charge on any atom is -0.302 e. The molecule has 1 nitrogen and oxygen atoms in total.